The van der Waals surface area contributed by atoms with Crippen LogP contribution in [0.3, 0.4) is 0 Å². The Balaban J connectivity index is 3.03. The number of hydrogen-bond acceptors (Lipinski definition) is 3. The maximum atomic E-state index is 10.5. The van der Waals surface area contributed by atoms with Gasteiger partial charge in [-0.3, -0.25) is 14.9 Å². The van der Waals surface area contributed by atoms with Crippen molar-refractivity contribution in [3.05, 3.63) is 45.5 Å². The molecule has 1 rings (SSSR count). The van der Waals surface area contributed by atoms with Crippen molar-refractivity contribution in [3.63, 3.8) is 0 Å². The van der Waals surface area contributed by atoms with Crippen LogP contribution in [0, 0.1) is 17.0 Å². The SMILES string of the molecule is Cc1cc([N+](=O)[O-])ccc1C=CC(N)=O. The van der Waals surface area contributed by atoms with Crippen LogP contribution in [0.15, 0.2) is 24.3 Å². The number of hydrogen-bond donors (Lipinski definition) is 1. The molecule has 0 fully saturated rings. The number of rotatable bonds is 3. The molecule has 0 aliphatic heterocycles. The second-order valence-corrected chi connectivity index (χ2v) is 3.03. The zero-order valence-corrected chi connectivity index (χ0v) is 8.14. The highest BCUT2D eigenvalue weighted by molar-refractivity contribution is 5.90. The topological polar surface area (TPSA) is 86.2 Å². The monoisotopic (exact) mass is 206 g/mol. The standard InChI is InChI=1S/C10H10N2O3/c1-7-6-9(12(14)15)4-2-8(7)3-5-10(11)13/h2-6H,1H3,(H2,11,13). The number of carbonyl (C=O) groups is 1. The number of aryl methyl sites for hydroxylation is 1. The second kappa shape index (κ2) is 4.36. The van der Waals surface area contributed by atoms with Gasteiger partial charge in [0, 0.05) is 18.2 Å². The number of nitrogens with zero attached hydrogens (tertiary/aromatic N) is 1. The van der Waals surface area contributed by atoms with Gasteiger partial charge in [0.05, 0.1) is 4.92 Å². The van der Waals surface area contributed by atoms with E-state index in [1.807, 2.05) is 0 Å². The van der Waals surface area contributed by atoms with Gasteiger partial charge in [0.15, 0.2) is 0 Å². The number of amides is 1. The summed E-state index contributed by atoms with van der Waals surface area (Å²) in [5.41, 5.74) is 6.43. The van der Waals surface area contributed by atoms with Crippen LogP contribution in [0.2, 0.25) is 0 Å². The van der Waals surface area contributed by atoms with Gasteiger partial charge in [-0.25, -0.2) is 0 Å². The minimum Gasteiger partial charge on any atom is -0.366 e. The quantitative estimate of drug-likeness (QED) is 0.460. The molecule has 0 spiro atoms. The highest BCUT2D eigenvalue weighted by Crippen LogP contribution is 2.17. The van der Waals surface area contributed by atoms with E-state index in [4.69, 9.17) is 5.73 Å². The zero-order valence-electron chi connectivity index (χ0n) is 8.14. The van der Waals surface area contributed by atoms with Crippen LogP contribution in [0.4, 0.5) is 5.69 Å². The smallest absolute Gasteiger partial charge is 0.269 e. The van der Waals surface area contributed by atoms with Crippen molar-refractivity contribution in [3.8, 4) is 0 Å². The van der Waals surface area contributed by atoms with E-state index in [0.717, 1.165) is 11.1 Å². The normalized spacial score (nSPS) is 10.5. The lowest BCUT2D eigenvalue weighted by atomic mass is 10.1. The van der Waals surface area contributed by atoms with Crippen molar-refractivity contribution >= 4 is 17.7 Å². The molecule has 0 saturated heterocycles. The Hall–Kier alpha value is -2.17. The lowest BCUT2D eigenvalue weighted by Crippen LogP contribution is -2.05. The Labute approximate surface area is 86.4 Å². The fourth-order valence-electron chi connectivity index (χ4n) is 1.13. The van der Waals surface area contributed by atoms with Gasteiger partial charge in [-0.05, 0) is 30.2 Å². The van der Waals surface area contributed by atoms with Gasteiger partial charge in [-0.1, -0.05) is 0 Å². The van der Waals surface area contributed by atoms with Crippen molar-refractivity contribution in [2.75, 3.05) is 0 Å². The molecule has 0 bridgehead atoms. The first-order valence-corrected chi connectivity index (χ1v) is 4.23. The third-order valence-corrected chi connectivity index (χ3v) is 1.89. The van der Waals surface area contributed by atoms with Gasteiger partial charge in [-0.15, -0.1) is 0 Å². The van der Waals surface area contributed by atoms with Crippen molar-refractivity contribution in [2.45, 2.75) is 6.92 Å². The summed E-state index contributed by atoms with van der Waals surface area (Å²) in [7, 11) is 0. The minimum atomic E-state index is -0.548. The Morgan fingerprint density at radius 2 is 2.20 bits per heavy atom. The van der Waals surface area contributed by atoms with E-state index in [1.165, 1.54) is 24.3 Å². The number of non-ortho nitro benzene ring substituents is 1. The van der Waals surface area contributed by atoms with Crippen LogP contribution in [0.1, 0.15) is 11.1 Å². The molecule has 0 aliphatic carbocycles. The molecule has 5 nitrogen and oxygen atoms in total. The largest absolute Gasteiger partial charge is 0.366 e. The summed E-state index contributed by atoms with van der Waals surface area (Å²) < 4.78 is 0. The van der Waals surface area contributed by atoms with Gasteiger partial charge < -0.3 is 5.73 Å². The molecule has 0 aromatic heterocycles. The van der Waals surface area contributed by atoms with Crippen molar-refractivity contribution < 1.29 is 9.72 Å². The first kappa shape index (κ1) is 10.9. The second-order valence-electron chi connectivity index (χ2n) is 3.03. The molecule has 0 radical (unpaired) electrons. The molecule has 1 aromatic rings. The Morgan fingerprint density at radius 1 is 1.53 bits per heavy atom. The van der Waals surface area contributed by atoms with Gasteiger partial charge in [0.25, 0.3) is 5.69 Å². The molecule has 15 heavy (non-hydrogen) atoms. The predicted molar refractivity (Wildman–Crippen MR) is 56.1 cm³/mol. The first-order chi connectivity index (χ1) is 7.00. The van der Waals surface area contributed by atoms with E-state index in [1.54, 1.807) is 13.0 Å². The zero-order chi connectivity index (χ0) is 11.4. The van der Waals surface area contributed by atoms with Crippen LogP contribution >= 0.6 is 0 Å². The molecule has 0 saturated carbocycles. The number of nitro groups is 1. The molecule has 2 N–H and O–H groups in total. The Morgan fingerprint density at radius 3 is 2.67 bits per heavy atom. The maximum Gasteiger partial charge on any atom is 0.269 e. The van der Waals surface area contributed by atoms with E-state index in [9.17, 15) is 14.9 Å². The average Bonchev–Trinajstić information content (AvgIpc) is 2.15. The molecule has 5 heteroatoms. The summed E-state index contributed by atoms with van der Waals surface area (Å²) in [6.07, 6.45) is 2.75. The highest BCUT2D eigenvalue weighted by Gasteiger charge is 2.06. The van der Waals surface area contributed by atoms with Crippen LogP contribution in [-0.4, -0.2) is 10.8 Å². The van der Waals surface area contributed by atoms with Crippen molar-refractivity contribution in [1.82, 2.24) is 0 Å². The van der Waals surface area contributed by atoms with Gasteiger partial charge in [0.1, 0.15) is 0 Å². The molecular weight excluding hydrogens is 196 g/mol. The number of carbonyl (C=O) groups excluding carboxylic acids is 1. The number of primary amides is 1. The van der Waals surface area contributed by atoms with Crippen LogP contribution in [0.25, 0.3) is 6.08 Å². The summed E-state index contributed by atoms with van der Waals surface area (Å²) in [5, 5.41) is 10.4. The van der Waals surface area contributed by atoms with Crippen LogP contribution < -0.4 is 5.73 Å². The lowest BCUT2D eigenvalue weighted by molar-refractivity contribution is -0.384. The summed E-state index contributed by atoms with van der Waals surface area (Å²) in [4.78, 5) is 20.5. The maximum absolute atomic E-state index is 10.5. The fourth-order valence-corrected chi connectivity index (χ4v) is 1.13. The molecule has 0 unspecified atom stereocenters. The molecular formula is C10H10N2O3. The molecule has 0 heterocycles. The third kappa shape index (κ3) is 2.91. The lowest BCUT2D eigenvalue weighted by Gasteiger charge is -1.99. The summed E-state index contributed by atoms with van der Waals surface area (Å²) >= 11 is 0. The van der Waals surface area contributed by atoms with Crippen molar-refractivity contribution in [1.29, 1.82) is 0 Å². The minimum absolute atomic E-state index is 0.0312. The fraction of sp³-hybridized carbons (Fsp3) is 0.100. The van der Waals surface area contributed by atoms with E-state index in [0.29, 0.717) is 0 Å². The predicted octanol–water partition coefficient (Wildman–Crippen LogP) is 1.40. The van der Waals surface area contributed by atoms with Gasteiger partial charge in [-0.2, -0.15) is 0 Å². The first-order valence-electron chi connectivity index (χ1n) is 4.23. The van der Waals surface area contributed by atoms with Crippen LogP contribution in [0.5, 0.6) is 0 Å². The van der Waals surface area contributed by atoms with Crippen molar-refractivity contribution in [2.24, 2.45) is 5.73 Å². The van der Waals surface area contributed by atoms with E-state index in [2.05, 4.69) is 0 Å². The van der Waals surface area contributed by atoms with E-state index >= 15 is 0 Å². The average molecular weight is 206 g/mol. The molecule has 0 aliphatic rings. The summed E-state index contributed by atoms with van der Waals surface area (Å²) in [6, 6.07) is 4.40. The number of benzene rings is 1. The van der Waals surface area contributed by atoms with E-state index < -0.39 is 10.8 Å². The molecule has 0 atom stereocenters. The van der Waals surface area contributed by atoms with Gasteiger partial charge in [0.2, 0.25) is 5.91 Å². The Bertz CT molecular complexity index is 438. The Kier molecular flexibility index (Phi) is 3.17. The number of nitrogens with two attached hydrogens (primary N) is 1. The molecule has 1 aromatic carbocycles. The molecule has 1 amide bonds. The van der Waals surface area contributed by atoms with E-state index in [-0.39, 0.29) is 5.69 Å². The van der Waals surface area contributed by atoms with Gasteiger partial charge >= 0.3 is 0 Å². The van der Waals surface area contributed by atoms with Crippen LogP contribution in [-0.2, 0) is 4.79 Å². The summed E-state index contributed by atoms with van der Waals surface area (Å²) in [5.74, 6) is -0.548. The third-order valence-electron chi connectivity index (χ3n) is 1.89. The number of nitro benzene ring substituents is 1. The molecule has 78 valence electrons. The highest BCUT2D eigenvalue weighted by atomic mass is 16.6. The summed E-state index contributed by atoms with van der Waals surface area (Å²) in [6.45, 7) is 1.73.